The molecule has 2 unspecified atom stereocenters. The fourth-order valence-corrected chi connectivity index (χ4v) is 4.37. The van der Waals surface area contributed by atoms with Crippen LogP contribution in [0.5, 0.6) is 0 Å². The van der Waals surface area contributed by atoms with Gasteiger partial charge in [0.25, 0.3) is 0 Å². The first kappa shape index (κ1) is 17.2. The first-order chi connectivity index (χ1) is 10.2. The van der Waals surface area contributed by atoms with E-state index < -0.39 is 0 Å². The minimum atomic E-state index is 0.333. The van der Waals surface area contributed by atoms with Crippen LogP contribution in [0.15, 0.2) is 0 Å². The molecule has 2 saturated carbocycles. The Labute approximate surface area is 131 Å². The minimum Gasteiger partial charge on any atom is -0.396 e. The molecular formula is C18H36N2O. The van der Waals surface area contributed by atoms with Crippen LogP contribution >= 0.6 is 0 Å². The van der Waals surface area contributed by atoms with Gasteiger partial charge in [-0.05, 0) is 50.0 Å². The largest absolute Gasteiger partial charge is 0.396 e. The summed E-state index contributed by atoms with van der Waals surface area (Å²) in [5, 5.41) is 12.8. The van der Waals surface area contributed by atoms with Gasteiger partial charge in [0, 0.05) is 32.3 Å². The number of aliphatic hydroxyl groups excluding tert-OH is 1. The highest BCUT2D eigenvalue weighted by molar-refractivity contribution is 4.92. The second-order valence-corrected chi connectivity index (χ2v) is 7.61. The lowest BCUT2D eigenvalue weighted by Crippen LogP contribution is -2.51. The van der Waals surface area contributed by atoms with E-state index in [2.05, 4.69) is 24.1 Å². The van der Waals surface area contributed by atoms with E-state index >= 15 is 0 Å². The smallest absolute Gasteiger partial charge is 0.0443 e. The third-order valence-electron chi connectivity index (χ3n) is 5.67. The molecule has 0 aromatic heterocycles. The van der Waals surface area contributed by atoms with Gasteiger partial charge in [0.2, 0.25) is 0 Å². The maximum Gasteiger partial charge on any atom is 0.0443 e. The molecule has 3 heteroatoms. The van der Waals surface area contributed by atoms with E-state index in [9.17, 15) is 5.11 Å². The van der Waals surface area contributed by atoms with Gasteiger partial charge in [-0.15, -0.1) is 0 Å². The van der Waals surface area contributed by atoms with Crippen LogP contribution in [0.3, 0.4) is 0 Å². The average Bonchev–Trinajstić information content (AvgIpc) is 2.41. The summed E-state index contributed by atoms with van der Waals surface area (Å²) >= 11 is 0. The van der Waals surface area contributed by atoms with E-state index in [1.54, 1.807) is 0 Å². The third kappa shape index (κ3) is 4.94. The molecule has 0 heterocycles. The van der Waals surface area contributed by atoms with Gasteiger partial charge in [0.05, 0.1) is 0 Å². The maximum absolute atomic E-state index is 9.20. The monoisotopic (exact) mass is 296 g/mol. The molecule has 0 spiro atoms. The number of nitrogens with zero attached hydrogens (tertiary/aromatic N) is 1. The topological polar surface area (TPSA) is 35.5 Å². The fourth-order valence-electron chi connectivity index (χ4n) is 4.37. The van der Waals surface area contributed by atoms with Crippen LogP contribution in [0.25, 0.3) is 0 Å². The van der Waals surface area contributed by atoms with Crippen molar-refractivity contribution < 1.29 is 5.11 Å². The Balaban J connectivity index is 1.99. The normalized spacial score (nSPS) is 30.6. The quantitative estimate of drug-likeness (QED) is 0.686. The van der Waals surface area contributed by atoms with Crippen molar-refractivity contribution in [2.45, 2.75) is 71.3 Å². The number of nitrogens with one attached hydrogen (secondary N) is 1. The predicted octanol–water partition coefficient (Wildman–Crippen LogP) is 3.03. The fraction of sp³-hybridized carbons (Fsp3) is 1.00. The van der Waals surface area contributed by atoms with Crippen LogP contribution in [0.2, 0.25) is 0 Å². The standard InChI is InChI=1S/C18H36N2O/c1-3-19-14-18(10-5-7-16(2)13-18)15-20(11-6-12-21)17-8-4-9-17/h16-17,19,21H,3-15H2,1-2H3. The van der Waals surface area contributed by atoms with Crippen LogP contribution in [0.1, 0.15) is 65.2 Å². The summed E-state index contributed by atoms with van der Waals surface area (Å²) in [5.74, 6) is 0.874. The summed E-state index contributed by atoms with van der Waals surface area (Å²) in [4.78, 5) is 2.72. The molecule has 0 saturated heterocycles. The lowest BCUT2D eigenvalue weighted by Gasteiger charge is -2.47. The molecule has 2 rings (SSSR count). The molecule has 21 heavy (non-hydrogen) atoms. The summed E-state index contributed by atoms with van der Waals surface area (Å²) in [5.41, 5.74) is 0.471. The number of aliphatic hydroxyl groups is 1. The molecule has 2 aliphatic carbocycles. The molecule has 2 atom stereocenters. The number of hydrogen-bond acceptors (Lipinski definition) is 3. The first-order valence-corrected chi connectivity index (χ1v) is 9.25. The Morgan fingerprint density at radius 1 is 1.24 bits per heavy atom. The van der Waals surface area contributed by atoms with Gasteiger partial charge in [0.1, 0.15) is 0 Å². The van der Waals surface area contributed by atoms with Gasteiger partial charge in [0.15, 0.2) is 0 Å². The zero-order valence-electron chi connectivity index (χ0n) is 14.2. The lowest BCUT2D eigenvalue weighted by atomic mass is 9.69. The van der Waals surface area contributed by atoms with Crippen molar-refractivity contribution in [2.75, 3.05) is 32.8 Å². The van der Waals surface area contributed by atoms with Gasteiger partial charge in [-0.2, -0.15) is 0 Å². The maximum atomic E-state index is 9.20. The highest BCUT2D eigenvalue weighted by atomic mass is 16.3. The van der Waals surface area contributed by atoms with Crippen LogP contribution in [-0.4, -0.2) is 48.8 Å². The molecule has 0 aromatic rings. The highest BCUT2D eigenvalue weighted by Crippen LogP contribution is 2.41. The Hall–Kier alpha value is -0.120. The summed E-state index contributed by atoms with van der Waals surface area (Å²) in [7, 11) is 0. The zero-order valence-corrected chi connectivity index (χ0v) is 14.2. The van der Waals surface area contributed by atoms with Gasteiger partial charge in [-0.25, -0.2) is 0 Å². The number of rotatable bonds is 9. The molecule has 0 amide bonds. The molecule has 0 bridgehead atoms. The van der Waals surface area contributed by atoms with Crippen LogP contribution in [0.4, 0.5) is 0 Å². The van der Waals surface area contributed by atoms with E-state index in [0.717, 1.165) is 31.5 Å². The van der Waals surface area contributed by atoms with Crippen LogP contribution in [0, 0.1) is 11.3 Å². The molecule has 0 aromatic carbocycles. The molecule has 2 N–H and O–H groups in total. The summed E-state index contributed by atoms with van der Waals surface area (Å²) < 4.78 is 0. The SMILES string of the molecule is CCNCC1(CN(CCCO)C2CCC2)CCCC(C)C1. The number of hydrogen-bond donors (Lipinski definition) is 2. The summed E-state index contributed by atoms with van der Waals surface area (Å²) in [6, 6.07) is 0.798. The van der Waals surface area contributed by atoms with Gasteiger partial charge < -0.3 is 10.4 Å². The van der Waals surface area contributed by atoms with E-state index in [-0.39, 0.29) is 0 Å². The van der Waals surface area contributed by atoms with E-state index in [1.807, 2.05) is 0 Å². The Bertz CT molecular complexity index is 293. The Morgan fingerprint density at radius 3 is 2.62 bits per heavy atom. The summed E-state index contributed by atoms with van der Waals surface area (Å²) in [6.45, 7) is 9.57. The van der Waals surface area contributed by atoms with Crippen molar-refractivity contribution in [3.8, 4) is 0 Å². The van der Waals surface area contributed by atoms with Crippen molar-refractivity contribution in [1.29, 1.82) is 0 Å². The first-order valence-electron chi connectivity index (χ1n) is 9.25. The second kappa shape index (κ2) is 8.50. The van der Waals surface area contributed by atoms with Gasteiger partial charge in [-0.1, -0.05) is 33.1 Å². The molecule has 2 fully saturated rings. The van der Waals surface area contributed by atoms with Crippen LogP contribution in [-0.2, 0) is 0 Å². The van der Waals surface area contributed by atoms with E-state index in [0.29, 0.717) is 12.0 Å². The third-order valence-corrected chi connectivity index (χ3v) is 5.67. The summed E-state index contributed by atoms with van der Waals surface area (Å²) in [6.07, 6.45) is 10.6. The zero-order chi connectivity index (χ0) is 15.1. The lowest BCUT2D eigenvalue weighted by molar-refractivity contribution is 0.0311. The van der Waals surface area contributed by atoms with Gasteiger partial charge >= 0.3 is 0 Å². The van der Waals surface area contributed by atoms with Gasteiger partial charge in [-0.3, -0.25) is 4.90 Å². The Morgan fingerprint density at radius 2 is 2.05 bits per heavy atom. The highest BCUT2D eigenvalue weighted by Gasteiger charge is 2.38. The van der Waals surface area contributed by atoms with Crippen molar-refractivity contribution in [2.24, 2.45) is 11.3 Å². The molecule has 0 radical (unpaired) electrons. The van der Waals surface area contributed by atoms with Crippen molar-refractivity contribution >= 4 is 0 Å². The van der Waals surface area contributed by atoms with Crippen molar-refractivity contribution in [3.05, 3.63) is 0 Å². The minimum absolute atomic E-state index is 0.333. The van der Waals surface area contributed by atoms with E-state index in [1.165, 1.54) is 58.0 Å². The molecule has 2 aliphatic rings. The molecule has 0 aliphatic heterocycles. The molecular weight excluding hydrogens is 260 g/mol. The van der Waals surface area contributed by atoms with Crippen molar-refractivity contribution in [3.63, 3.8) is 0 Å². The second-order valence-electron chi connectivity index (χ2n) is 7.61. The van der Waals surface area contributed by atoms with E-state index in [4.69, 9.17) is 0 Å². The Kier molecular flexibility index (Phi) is 6.97. The molecule has 124 valence electrons. The molecule has 3 nitrogen and oxygen atoms in total. The average molecular weight is 296 g/mol. The van der Waals surface area contributed by atoms with Crippen molar-refractivity contribution in [1.82, 2.24) is 10.2 Å². The predicted molar refractivity (Wildman–Crippen MR) is 89.5 cm³/mol. The van der Waals surface area contributed by atoms with Crippen LogP contribution < -0.4 is 5.32 Å².